The van der Waals surface area contributed by atoms with Crippen molar-refractivity contribution in [2.45, 2.75) is 17.6 Å². The van der Waals surface area contributed by atoms with Crippen molar-refractivity contribution in [3.8, 4) is 0 Å². The first-order valence-electron chi connectivity index (χ1n) is 7.87. The molecule has 29 heavy (non-hydrogen) atoms. The van der Waals surface area contributed by atoms with Crippen LogP contribution in [0.2, 0.25) is 0 Å². The number of nitro groups is 1. The minimum atomic E-state index is -4.49. The minimum Gasteiger partial charge on any atom is -0.258 e. The fourth-order valence-corrected chi connectivity index (χ4v) is 3.38. The Morgan fingerprint density at radius 1 is 1.14 bits per heavy atom. The van der Waals surface area contributed by atoms with E-state index in [1.165, 1.54) is 18.2 Å². The molecule has 2 aromatic carbocycles. The summed E-state index contributed by atoms with van der Waals surface area (Å²) in [4.78, 5) is 13.5. The highest BCUT2D eigenvalue weighted by Gasteiger charge is 2.30. The molecule has 0 saturated carbocycles. The van der Waals surface area contributed by atoms with Crippen LogP contribution in [-0.2, 0) is 22.7 Å². The molecule has 0 radical (unpaired) electrons. The van der Waals surface area contributed by atoms with Gasteiger partial charge in [0.05, 0.1) is 21.9 Å². The molecule has 13 heteroatoms. The standard InChI is InChI=1S/C16H12F3N5O4S/c17-16(18,19)12-4-1-3-11(7-12)9-23-10-20-15(21-23)22-29(27,28)14-6-2-5-13(8-14)24(25)26/h1-8,10H,9H2,(H,21,22). The normalized spacial score (nSPS) is 12.0. The van der Waals surface area contributed by atoms with Crippen molar-refractivity contribution in [3.05, 3.63) is 76.1 Å². The smallest absolute Gasteiger partial charge is 0.258 e. The lowest BCUT2D eigenvalue weighted by atomic mass is 10.1. The molecule has 9 nitrogen and oxygen atoms in total. The first kappa shape index (κ1) is 20.3. The van der Waals surface area contributed by atoms with E-state index in [1.54, 1.807) is 0 Å². The molecule has 1 heterocycles. The van der Waals surface area contributed by atoms with Crippen LogP contribution >= 0.6 is 0 Å². The highest BCUT2D eigenvalue weighted by atomic mass is 32.2. The predicted molar refractivity (Wildman–Crippen MR) is 94.5 cm³/mol. The second-order valence-electron chi connectivity index (χ2n) is 5.82. The van der Waals surface area contributed by atoms with Gasteiger partial charge in [-0.2, -0.15) is 18.2 Å². The Hall–Kier alpha value is -3.48. The van der Waals surface area contributed by atoms with Crippen LogP contribution < -0.4 is 4.72 Å². The van der Waals surface area contributed by atoms with Gasteiger partial charge in [-0.3, -0.25) is 10.1 Å². The summed E-state index contributed by atoms with van der Waals surface area (Å²) in [5.74, 6) is -0.330. The monoisotopic (exact) mass is 427 g/mol. The molecular formula is C16H12F3N5O4S. The fourth-order valence-electron chi connectivity index (χ4n) is 2.39. The number of anilines is 1. The van der Waals surface area contributed by atoms with Gasteiger partial charge in [0, 0.05) is 12.1 Å². The molecule has 0 atom stereocenters. The number of alkyl halides is 3. The molecule has 1 aromatic heterocycles. The average molecular weight is 427 g/mol. The van der Waals surface area contributed by atoms with Gasteiger partial charge in [-0.25, -0.2) is 17.8 Å². The molecule has 0 aliphatic heterocycles. The van der Waals surface area contributed by atoms with Crippen LogP contribution in [-0.4, -0.2) is 28.1 Å². The number of non-ortho nitro benzene ring substituents is 1. The number of nitrogens with one attached hydrogen (secondary N) is 1. The summed E-state index contributed by atoms with van der Waals surface area (Å²) in [5, 5.41) is 14.7. The molecule has 0 amide bonds. The van der Waals surface area contributed by atoms with Crippen LogP contribution in [0.25, 0.3) is 0 Å². The summed E-state index contributed by atoms with van der Waals surface area (Å²) >= 11 is 0. The second kappa shape index (κ2) is 7.50. The lowest BCUT2D eigenvalue weighted by molar-refractivity contribution is -0.385. The Balaban J connectivity index is 1.77. The number of hydrogen-bond donors (Lipinski definition) is 1. The van der Waals surface area contributed by atoms with Gasteiger partial charge in [0.2, 0.25) is 0 Å². The van der Waals surface area contributed by atoms with Crippen molar-refractivity contribution in [2.24, 2.45) is 0 Å². The number of hydrogen-bond acceptors (Lipinski definition) is 6. The summed E-state index contributed by atoms with van der Waals surface area (Å²) in [6, 6.07) is 8.99. The average Bonchev–Trinajstić information content (AvgIpc) is 3.07. The predicted octanol–water partition coefficient (Wildman–Crippen LogP) is 3.05. The second-order valence-corrected chi connectivity index (χ2v) is 7.51. The van der Waals surface area contributed by atoms with Gasteiger partial charge in [-0.1, -0.05) is 18.2 Å². The Morgan fingerprint density at radius 3 is 2.55 bits per heavy atom. The van der Waals surface area contributed by atoms with Crippen LogP contribution in [0.1, 0.15) is 11.1 Å². The van der Waals surface area contributed by atoms with Gasteiger partial charge >= 0.3 is 6.18 Å². The molecule has 0 fully saturated rings. The third-order valence-electron chi connectivity index (χ3n) is 3.70. The van der Waals surface area contributed by atoms with Crippen molar-refractivity contribution < 1.29 is 26.5 Å². The van der Waals surface area contributed by atoms with E-state index in [0.717, 1.165) is 41.3 Å². The minimum absolute atomic E-state index is 0.0740. The van der Waals surface area contributed by atoms with Crippen molar-refractivity contribution in [1.29, 1.82) is 0 Å². The summed E-state index contributed by atoms with van der Waals surface area (Å²) in [7, 11) is -4.20. The molecule has 1 N–H and O–H groups in total. The topological polar surface area (TPSA) is 120 Å². The van der Waals surface area contributed by atoms with Gasteiger partial charge in [0.25, 0.3) is 21.7 Å². The molecular weight excluding hydrogens is 415 g/mol. The quantitative estimate of drug-likeness (QED) is 0.477. The SMILES string of the molecule is O=[N+]([O-])c1cccc(S(=O)(=O)Nc2ncn(Cc3cccc(C(F)(F)F)c3)n2)c1. The molecule has 0 aliphatic rings. The lowest BCUT2D eigenvalue weighted by Crippen LogP contribution is -2.14. The first-order chi connectivity index (χ1) is 13.5. The summed E-state index contributed by atoms with van der Waals surface area (Å²) in [6.45, 7) is -0.0740. The number of nitrogens with zero attached hydrogens (tertiary/aromatic N) is 4. The third kappa shape index (κ3) is 4.87. The molecule has 0 bridgehead atoms. The van der Waals surface area contributed by atoms with E-state index in [9.17, 15) is 31.7 Å². The fraction of sp³-hybridized carbons (Fsp3) is 0.125. The first-order valence-corrected chi connectivity index (χ1v) is 9.36. The van der Waals surface area contributed by atoms with E-state index in [4.69, 9.17) is 0 Å². The van der Waals surface area contributed by atoms with E-state index in [1.807, 2.05) is 0 Å². The van der Waals surface area contributed by atoms with Crippen molar-refractivity contribution in [2.75, 3.05) is 4.72 Å². The Bertz CT molecular complexity index is 1160. The van der Waals surface area contributed by atoms with Crippen molar-refractivity contribution in [3.63, 3.8) is 0 Å². The molecule has 3 aromatic rings. The largest absolute Gasteiger partial charge is 0.416 e. The maximum Gasteiger partial charge on any atom is 0.416 e. The van der Waals surface area contributed by atoms with E-state index < -0.39 is 32.4 Å². The number of halogens is 3. The maximum atomic E-state index is 12.8. The number of benzene rings is 2. The molecule has 3 rings (SSSR count). The third-order valence-corrected chi connectivity index (χ3v) is 5.03. The Labute approximate surface area is 162 Å². The van der Waals surface area contributed by atoms with E-state index >= 15 is 0 Å². The van der Waals surface area contributed by atoms with Crippen LogP contribution in [0.3, 0.4) is 0 Å². The number of nitro benzene ring substituents is 1. The highest BCUT2D eigenvalue weighted by Crippen LogP contribution is 2.29. The number of aromatic nitrogens is 3. The number of rotatable bonds is 6. The van der Waals surface area contributed by atoms with Crippen molar-refractivity contribution in [1.82, 2.24) is 14.8 Å². The molecule has 0 unspecified atom stereocenters. The van der Waals surface area contributed by atoms with Crippen molar-refractivity contribution >= 4 is 21.7 Å². The van der Waals surface area contributed by atoms with Gasteiger partial charge in [-0.15, -0.1) is 5.10 Å². The lowest BCUT2D eigenvalue weighted by Gasteiger charge is -2.08. The summed E-state index contributed by atoms with van der Waals surface area (Å²) in [5.41, 5.74) is -0.935. The number of sulfonamides is 1. The maximum absolute atomic E-state index is 12.8. The highest BCUT2D eigenvalue weighted by molar-refractivity contribution is 7.92. The van der Waals surface area contributed by atoms with Gasteiger partial charge in [-0.05, 0) is 23.8 Å². The zero-order valence-electron chi connectivity index (χ0n) is 14.4. The molecule has 0 saturated heterocycles. The van der Waals surface area contributed by atoms with Gasteiger partial charge < -0.3 is 0 Å². The van der Waals surface area contributed by atoms with E-state index in [2.05, 4.69) is 14.8 Å². The summed E-state index contributed by atoms with van der Waals surface area (Å²) < 4.78 is 66.3. The van der Waals surface area contributed by atoms with Crippen LogP contribution in [0, 0.1) is 10.1 Å². The molecule has 0 spiro atoms. The molecule has 0 aliphatic carbocycles. The van der Waals surface area contributed by atoms with Gasteiger partial charge in [0.1, 0.15) is 6.33 Å². The van der Waals surface area contributed by atoms with Gasteiger partial charge in [0.15, 0.2) is 0 Å². The van der Waals surface area contributed by atoms with E-state index in [-0.39, 0.29) is 23.0 Å². The zero-order chi connectivity index (χ0) is 21.2. The van der Waals surface area contributed by atoms with Crippen LogP contribution in [0.15, 0.2) is 59.8 Å². The van der Waals surface area contributed by atoms with E-state index in [0.29, 0.717) is 0 Å². The Morgan fingerprint density at radius 2 is 1.86 bits per heavy atom. The van der Waals surface area contributed by atoms with Crippen LogP contribution in [0.5, 0.6) is 0 Å². The molecule has 152 valence electrons. The Kier molecular flexibility index (Phi) is 5.24. The zero-order valence-corrected chi connectivity index (χ0v) is 15.2. The van der Waals surface area contributed by atoms with Crippen LogP contribution in [0.4, 0.5) is 24.8 Å². The summed E-state index contributed by atoms with van der Waals surface area (Å²) in [6.07, 6.45) is -3.34.